The van der Waals surface area contributed by atoms with E-state index in [9.17, 15) is 14.0 Å². The molecular weight excluding hydrogens is 339 g/mol. The Morgan fingerprint density at radius 2 is 1.80 bits per heavy atom. The minimum Gasteiger partial charge on any atom is -0.340 e. The molecular formula is C19H21FN2O2S. The molecule has 0 fully saturated rings. The standard InChI is InChI=1S/C19H21FN2O2S/c1-12(2)17(22-18(23)15-9-4-5-10-16(15)20)19(24)21-13-7-6-8-14(11-13)25-3/h4-12,17H,1-3H3,(H,21,24)(H,22,23)/t17-/m0/s1. The molecule has 0 aliphatic heterocycles. The van der Waals surface area contributed by atoms with Crippen molar-refractivity contribution in [2.75, 3.05) is 11.6 Å². The quantitative estimate of drug-likeness (QED) is 0.767. The summed E-state index contributed by atoms with van der Waals surface area (Å²) < 4.78 is 13.8. The molecule has 2 N–H and O–H groups in total. The highest BCUT2D eigenvalue weighted by atomic mass is 32.2. The fourth-order valence-electron chi connectivity index (χ4n) is 2.32. The van der Waals surface area contributed by atoms with Crippen LogP contribution < -0.4 is 10.6 Å². The molecule has 1 atom stereocenters. The molecule has 25 heavy (non-hydrogen) atoms. The smallest absolute Gasteiger partial charge is 0.254 e. The molecule has 0 aromatic heterocycles. The summed E-state index contributed by atoms with van der Waals surface area (Å²) in [5, 5.41) is 5.43. The average Bonchev–Trinajstić information content (AvgIpc) is 2.59. The Hall–Kier alpha value is -2.34. The molecule has 2 rings (SSSR count). The van der Waals surface area contributed by atoms with Gasteiger partial charge in [0.15, 0.2) is 0 Å². The van der Waals surface area contributed by atoms with Crippen molar-refractivity contribution in [1.82, 2.24) is 5.32 Å². The van der Waals surface area contributed by atoms with Crippen molar-refractivity contribution >= 4 is 29.3 Å². The van der Waals surface area contributed by atoms with Crippen molar-refractivity contribution in [2.45, 2.75) is 24.8 Å². The zero-order valence-electron chi connectivity index (χ0n) is 14.4. The number of hydrogen-bond acceptors (Lipinski definition) is 3. The van der Waals surface area contributed by atoms with Crippen LogP contribution in [0, 0.1) is 11.7 Å². The molecule has 0 unspecified atom stereocenters. The predicted molar refractivity (Wildman–Crippen MR) is 99.3 cm³/mol. The monoisotopic (exact) mass is 360 g/mol. The van der Waals surface area contributed by atoms with Crippen LogP contribution in [-0.4, -0.2) is 24.1 Å². The van der Waals surface area contributed by atoms with Gasteiger partial charge >= 0.3 is 0 Å². The molecule has 6 heteroatoms. The van der Waals surface area contributed by atoms with Gasteiger partial charge in [-0.3, -0.25) is 9.59 Å². The van der Waals surface area contributed by atoms with Crippen molar-refractivity contribution in [1.29, 1.82) is 0 Å². The van der Waals surface area contributed by atoms with E-state index in [1.807, 2.05) is 38.3 Å². The van der Waals surface area contributed by atoms with Gasteiger partial charge in [0, 0.05) is 10.6 Å². The summed E-state index contributed by atoms with van der Waals surface area (Å²) in [6.07, 6.45) is 1.95. The summed E-state index contributed by atoms with van der Waals surface area (Å²) in [5.41, 5.74) is 0.577. The number of nitrogens with one attached hydrogen (secondary N) is 2. The first-order valence-electron chi connectivity index (χ1n) is 7.92. The van der Waals surface area contributed by atoms with Crippen LogP contribution in [0.2, 0.25) is 0 Å². The Bertz CT molecular complexity index is 765. The lowest BCUT2D eigenvalue weighted by Gasteiger charge is -2.22. The van der Waals surface area contributed by atoms with Crippen LogP contribution in [0.5, 0.6) is 0 Å². The molecule has 2 aromatic carbocycles. The molecule has 0 heterocycles. The maximum absolute atomic E-state index is 13.8. The summed E-state index contributed by atoms with van der Waals surface area (Å²) in [6, 6.07) is 12.4. The molecule has 0 saturated heterocycles. The average molecular weight is 360 g/mol. The highest BCUT2D eigenvalue weighted by Crippen LogP contribution is 2.19. The maximum atomic E-state index is 13.8. The van der Waals surface area contributed by atoms with Crippen LogP contribution >= 0.6 is 11.8 Å². The van der Waals surface area contributed by atoms with Crippen molar-refractivity contribution < 1.29 is 14.0 Å². The van der Waals surface area contributed by atoms with E-state index in [2.05, 4.69) is 10.6 Å². The number of thioether (sulfide) groups is 1. The minimum atomic E-state index is -0.773. The first kappa shape index (κ1) is 19.0. The van der Waals surface area contributed by atoms with E-state index in [-0.39, 0.29) is 17.4 Å². The maximum Gasteiger partial charge on any atom is 0.254 e. The highest BCUT2D eigenvalue weighted by molar-refractivity contribution is 7.98. The molecule has 0 bridgehead atoms. The van der Waals surface area contributed by atoms with Crippen LogP contribution in [0.15, 0.2) is 53.4 Å². The fourth-order valence-corrected chi connectivity index (χ4v) is 2.78. The Labute approximate surface area is 151 Å². The van der Waals surface area contributed by atoms with Gasteiger partial charge in [0.05, 0.1) is 5.56 Å². The van der Waals surface area contributed by atoms with Gasteiger partial charge < -0.3 is 10.6 Å². The van der Waals surface area contributed by atoms with Crippen molar-refractivity contribution in [3.05, 3.63) is 59.9 Å². The second-order valence-electron chi connectivity index (χ2n) is 5.90. The van der Waals surface area contributed by atoms with Crippen molar-refractivity contribution in [3.63, 3.8) is 0 Å². The lowest BCUT2D eigenvalue weighted by atomic mass is 10.0. The first-order valence-corrected chi connectivity index (χ1v) is 9.15. The molecule has 0 saturated carbocycles. The van der Waals surface area contributed by atoms with Gasteiger partial charge in [-0.15, -0.1) is 11.8 Å². The van der Waals surface area contributed by atoms with E-state index in [1.54, 1.807) is 23.9 Å². The summed E-state index contributed by atoms with van der Waals surface area (Å²) in [4.78, 5) is 25.9. The van der Waals surface area contributed by atoms with E-state index in [0.717, 1.165) is 4.90 Å². The van der Waals surface area contributed by atoms with Gasteiger partial charge in [-0.1, -0.05) is 32.0 Å². The molecule has 0 aliphatic carbocycles. The molecule has 2 aromatic rings. The second-order valence-corrected chi connectivity index (χ2v) is 6.78. The van der Waals surface area contributed by atoms with Crippen LogP contribution in [0.4, 0.5) is 10.1 Å². The zero-order valence-corrected chi connectivity index (χ0v) is 15.2. The number of carbonyl (C=O) groups excluding carboxylic acids is 2. The third kappa shape index (κ3) is 5.06. The summed E-state index contributed by atoms with van der Waals surface area (Å²) in [6.45, 7) is 3.65. The summed E-state index contributed by atoms with van der Waals surface area (Å²) in [5.74, 6) is -1.71. The van der Waals surface area contributed by atoms with Gasteiger partial charge in [0.25, 0.3) is 5.91 Å². The molecule has 0 spiro atoms. The van der Waals surface area contributed by atoms with E-state index in [1.165, 1.54) is 18.2 Å². The summed E-state index contributed by atoms with van der Waals surface area (Å²) >= 11 is 1.57. The predicted octanol–water partition coefficient (Wildman–Crippen LogP) is 3.94. The minimum absolute atomic E-state index is 0.0784. The zero-order chi connectivity index (χ0) is 18.4. The topological polar surface area (TPSA) is 58.2 Å². The number of halogens is 1. The number of amides is 2. The SMILES string of the molecule is CSc1cccc(NC(=O)[C@@H](NC(=O)c2ccccc2F)C(C)C)c1. The van der Waals surface area contributed by atoms with E-state index < -0.39 is 17.8 Å². The number of benzene rings is 2. The molecule has 0 aliphatic rings. The van der Waals surface area contributed by atoms with Gasteiger partial charge in [-0.05, 0) is 42.5 Å². The van der Waals surface area contributed by atoms with Gasteiger partial charge in [0.2, 0.25) is 5.91 Å². The number of rotatable bonds is 6. The van der Waals surface area contributed by atoms with E-state index in [4.69, 9.17) is 0 Å². The molecule has 132 valence electrons. The van der Waals surface area contributed by atoms with Crippen LogP contribution in [0.1, 0.15) is 24.2 Å². The van der Waals surface area contributed by atoms with Gasteiger partial charge in [-0.2, -0.15) is 0 Å². The number of hydrogen-bond donors (Lipinski definition) is 2. The lowest BCUT2D eigenvalue weighted by molar-refractivity contribution is -0.118. The van der Waals surface area contributed by atoms with Crippen molar-refractivity contribution in [3.8, 4) is 0 Å². The third-order valence-corrected chi connectivity index (χ3v) is 4.42. The second kappa shape index (κ2) is 8.67. The molecule has 2 amide bonds. The number of anilines is 1. The van der Waals surface area contributed by atoms with Crippen LogP contribution in [0.3, 0.4) is 0 Å². The first-order chi connectivity index (χ1) is 11.9. The van der Waals surface area contributed by atoms with Crippen molar-refractivity contribution in [2.24, 2.45) is 5.92 Å². The fraction of sp³-hybridized carbons (Fsp3) is 0.263. The number of carbonyl (C=O) groups is 2. The lowest BCUT2D eigenvalue weighted by Crippen LogP contribution is -2.47. The molecule has 4 nitrogen and oxygen atoms in total. The summed E-state index contributed by atoms with van der Waals surface area (Å²) in [7, 11) is 0. The molecule has 0 radical (unpaired) electrons. The largest absolute Gasteiger partial charge is 0.340 e. The van der Waals surface area contributed by atoms with Gasteiger partial charge in [-0.25, -0.2) is 4.39 Å². The Kier molecular flexibility index (Phi) is 6.58. The van der Waals surface area contributed by atoms with Crippen LogP contribution in [0.25, 0.3) is 0 Å². The third-order valence-electron chi connectivity index (χ3n) is 3.69. The van der Waals surface area contributed by atoms with Gasteiger partial charge in [0.1, 0.15) is 11.9 Å². The highest BCUT2D eigenvalue weighted by Gasteiger charge is 2.25. The van der Waals surface area contributed by atoms with E-state index >= 15 is 0 Å². The van der Waals surface area contributed by atoms with E-state index in [0.29, 0.717) is 5.69 Å². The Morgan fingerprint density at radius 1 is 1.08 bits per heavy atom. The normalized spacial score (nSPS) is 11.9. The van der Waals surface area contributed by atoms with Crippen LogP contribution in [-0.2, 0) is 4.79 Å². The Balaban J connectivity index is 2.13. The Morgan fingerprint density at radius 3 is 2.44 bits per heavy atom.